The number of carbonyl (C=O) groups excluding carboxylic acids is 1. The fourth-order valence-corrected chi connectivity index (χ4v) is 3.34. The zero-order chi connectivity index (χ0) is 16.1. The van der Waals surface area contributed by atoms with E-state index in [2.05, 4.69) is 11.4 Å². The quantitative estimate of drug-likeness (QED) is 0.676. The van der Waals surface area contributed by atoms with E-state index in [1.165, 1.54) is 5.39 Å². The molecule has 4 heteroatoms. The van der Waals surface area contributed by atoms with Crippen LogP contribution in [0.4, 0.5) is 5.69 Å². The van der Waals surface area contributed by atoms with E-state index >= 15 is 0 Å². The average molecular weight is 342 g/mol. The minimum Gasteiger partial charge on any atom is -0.325 e. The topological polar surface area (TPSA) is 29.1 Å². The van der Waals surface area contributed by atoms with Crippen LogP contribution in [0.1, 0.15) is 5.56 Å². The normalized spacial score (nSPS) is 10.7. The molecule has 23 heavy (non-hydrogen) atoms. The van der Waals surface area contributed by atoms with E-state index < -0.39 is 0 Å². The molecular weight excluding hydrogens is 326 g/mol. The molecule has 0 aliphatic rings. The second kappa shape index (κ2) is 7.53. The van der Waals surface area contributed by atoms with Crippen molar-refractivity contribution in [2.45, 2.75) is 5.75 Å². The van der Waals surface area contributed by atoms with Crippen LogP contribution in [0.3, 0.4) is 0 Å². The summed E-state index contributed by atoms with van der Waals surface area (Å²) in [5.74, 6) is 1.19. The molecule has 3 aromatic carbocycles. The van der Waals surface area contributed by atoms with Crippen LogP contribution < -0.4 is 5.32 Å². The summed E-state index contributed by atoms with van der Waals surface area (Å²) >= 11 is 7.53. The molecule has 0 aliphatic carbocycles. The standard InChI is InChI=1S/C19H16ClNOS/c20-17-7-3-4-14(10-17)12-23-13-19(22)21-18-9-8-15-5-1-2-6-16(15)11-18/h1-11H,12-13H2,(H,21,22). The van der Waals surface area contributed by atoms with Gasteiger partial charge in [0.15, 0.2) is 0 Å². The Morgan fingerprint density at radius 2 is 1.78 bits per heavy atom. The molecule has 0 heterocycles. The van der Waals surface area contributed by atoms with Crippen molar-refractivity contribution < 1.29 is 4.79 Å². The largest absolute Gasteiger partial charge is 0.325 e. The van der Waals surface area contributed by atoms with Gasteiger partial charge in [-0.25, -0.2) is 0 Å². The number of thioether (sulfide) groups is 1. The zero-order valence-electron chi connectivity index (χ0n) is 12.5. The van der Waals surface area contributed by atoms with Gasteiger partial charge in [-0.1, -0.05) is 54.1 Å². The number of nitrogens with one attached hydrogen (secondary N) is 1. The van der Waals surface area contributed by atoms with Gasteiger partial charge in [0.1, 0.15) is 0 Å². The number of benzene rings is 3. The third kappa shape index (κ3) is 4.50. The highest BCUT2D eigenvalue weighted by Gasteiger charge is 2.04. The second-order valence-corrected chi connectivity index (χ2v) is 6.65. The maximum Gasteiger partial charge on any atom is 0.234 e. The summed E-state index contributed by atoms with van der Waals surface area (Å²) in [6.45, 7) is 0. The van der Waals surface area contributed by atoms with Gasteiger partial charge in [-0.15, -0.1) is 11.8 Å². The van der Waals surface area contributed by atoms with E-state index in [1.807, 2.05) is 60.7 Å². The van der Waals surface area contributed by atoms with E-state index in [1.54, 1.807) is 11.8 Å². The minimum absolute atomic E-state index is 0.00677. The Kier molecular flexibility index (Phi) is 5.21. The minimum atomic E-state index is 0.00677. The van der Waals surface area contributed by atoms with Gasteiger partial charge in [0.25, 0.3) is 0 Å². The van der Waals surface area contributed by atoms with Crippen molar-refractivity contribution in [2.75, 3.05) is 11.1 Å². The molecule has 0 aliphatic heterocycles. The SMILES string of the molecule is O=C(CSCc1cccc(Cl)c1)Nc1ccc2ccccc2c1. The monoisotopic (exact) mass is 341 g/mol. The Morgan fingerprint density at radius 3 is 2.61 bits per heavy atom. The predicted molar refractivity (Wildman–Crippen MR) is 100 cm³/mol. The molecule has 0 bridgehead atoms. The lowest BCUT2D eigenvalue weighted by atomic mass is 10.1. The first-order chi connectivity index (χ1) is 11.2. The lowest BCUT2D eigenvalue weighted by Crippen LogP contribution is -2.14. The van der Waals surface area contributed by atoms with Crippen LogP contribution in [0.15, 0.2) is 66.7 Å². The number of halogens is 1. The number of fused-ring (bicyclic) bond motifs is 1. The molecule has 0 fully saturated rings. The lowest BCUT2D eigenvalue weighted by molar-refractivity contribution is -0.113. The Balaban J connectivity index is 1.54. The first-order valence-electron chi connectivity index (χ1n) is 7.31. The van der Waals surface area contributed by atoms with Crippen molar-refractivity contribution >= 4 is 45.7 Å². The summed E-state index contributed by atoms with van der Waals surface area (Å²) in [5, 5.41) is 5.96. The Morgan fingerprint density at radius 1 is 0.957 bits per heavy atom. The highest BCUT2D eigenvalue weighted by Crippen LogP contribution is 2.20. The van der Waals surface area contributed by atoms with Crippen LogP contribution >= 0.6 is 23.4 Å². The summed E-state index contributed by atoms with van der Waals surface area (Å²) < 4.78 is 0. The third-order valence-corrected chi connectivity index (χ3v) is 4.66. The van der Waals surface area contributed by atoms with E-state index in [0.717, 1.165) is 27.4 Å². The first-order valence-corrected chi connectivity index (χ1v) is 8.85. The van der Waals surface area contributed by atoms with Crippen LogP contribution in [0, 0.1) is 0 Å². The molecule has 0 atom stereocenters. The molecule has 0 unspecified atom stereocenters. The molecule has 1 amide bonds. The Hall–Kier alpha value is -1.97. The molecule has 0 radical (unpaired) electrons. The predicted octanol–water partition coefficient (Wildman–Crippen LogP) is 5.37. The van der Waals surface area contributed by atoms with Crippen LogP contribution in [0.5, 0.6) is 0 Å². The summed E-state index contributed by atoms with van der Waals surface area (Å²) in [4.78, 5) is 12.0. The fraction of sp³-hybridized carbons (Fsp3) is 0.105. The Labute approximate surface area is 144 Å². The highest BCUT2D eigenvalue weighted by molar-refractivity contribution is 7.99. The van der Waals surface area contributed by atoms with E-state index in [-0.39, 0.29) is 5.91 Å². The number of carbonyl (C=O) groups is 1. The molecule has 0 saturated heterocycles. The van der Waals surface area contributed by atoms with Crippen molar-refractivity contribution in [1.82, 2.24) is 0 Å². The second-order valence-electron chi connectivity index (χ2n) is 5.23. The van der Waals surface area contributed by atoms with E-state index in [0.29, 0.717) is 5.75 Å². The van der Waals surface area contributed by atoms with E-state index in [9.17, 15) is 4.79 Å². The summed E-state index contributed by atoms with van der Waals surface area (Å²) in [7, 11) is 0. The van der Waals surface area contributed by atoms with Gasteiger partial charge in [-0.2, -0.15) is 0 Å². The first kappa shape index (κ1) is 15.9. The van der Waals surface area contributed by atoms with Gasteiger partial charge in [-0.3, -0.25) is 4.79 Å². The third-order valence-electron chi connectivity index (χ3n) is 3.42. The number of amides is 1. The number of hydrogen-bond donors (Lipinski definition) is 1. The maximum absolute atomic E-state index is 12.0. The smallest absolute Gasteiger partial charge is 0.234 e. The average Bonchev–Trinajstić information content (AvgIpc) is 2.55. The van der Waals surface area contributed by atoms with Crippen molar-refractivity contribution in [3.63, 3.8) is 0 Å². The maximum atomic E-state index is 12.0. The van der Waals surface area contributed by atoms with Crippen LogP contribution in [0.2, 0.25) is 5.02 Å². The van der Waals surface area contributed by atoms with Crippen molar-refractivity contribution in [2.24, 2.45) is 0 Å². The zero-order valence-corrected chi connectivity index (χ0v) is 14.0. The molecule has 1 N–H and O–H groups in total. The van der Waals surface area contributed by atoms with E-state index in [4.69, 9.17) is 11.6 Å². The molecule has 0 saturated carbocycles. The van der Waals surface area contributed by atoms with Gasteiger partial charge in [0, 0.05) is 16.5 Å². The highest BCUT2D eigenvalue weighted by atomic mass is 35.5. The van der Waals surface area contributed by atoms with Gasteiger partial charge >= 0.3 is 0 Å². The Bertz CT molecular complexity index is 834. The molecule has 0 aromatic heterocycles. The molecule has 3 rings (SSSR count). The van der Waals surface area contributed by atoms with Crippen molar-refractivity contribution in [1.29, 1.82) is 0 Å². The molecule has 0 spiro atoms. The fourth-order valence-electron chi connectivity index (χ4n) is 2.35. The van der Waals surface area contributed by atoms with Crippen LogP contribution in [0.25, 0.3) is 10.8 Å². The van der Waals surface area contributed by atoms with Crippen molar-refractivity contribution in [3.8, 4) is 0 Å². The number of anilines is 1. The lowest BCUT2D eigenvalue weighted by Gasteiger charge is -2.07. The van der Waals surface area contributed by atoms with Crippen LogP contribution in [-0.4, -0.2) is 11.7 Å². The summed E-state index contributed by atoms with van der Waals surface area (Å²) in [6, 6.07) is 21.8. The molecule has 116 valence electrons. The van der Waals surface area contributed by atoms with Gasteiger partial charge in [0.05, 0.1) is 5.75 Å². The summed E-state index contributed by atoms with van der Waals surface area (Å²) in [5.41, 5.74) is 1.96. The van der Waals surface area contributed by atoms with Gasteiger partial charge in [-0.05, 0) is 40.6 Å². The van der Waals surface area contributed by atoms with Gasteiger partial charge < -0.3 is 5.32 Å². The van der Waals surface area contributed by atoms with Crippen LogP contribution in [-0.2, 0) is 10.5 Å². The number of rotatable bonds is 5. The molecular formula is C19H16ClNOS. The molecule has 2 nitrogen and oxygen atoms in total. The summed E-state index contributed by atoms with van der Waals surface area (Å²) in [6.07, 6.45) is 0. The van der Waals surface area contributed by atoms with Gasteiger partial charge in [0.2, 0.25) is 5.91 Å². The number of hydrogen-bond acceptors (Lipinski definition) is 2. The molecule has 3 aromatic rings. The van der Waals surface area contributed by atoms with Crippen molar-refractivity contribution in [3.05, 3.63) is 77.3 Å².